The highest BCUT2D eigenvalue weighted by Crippen LogP contribution is 2.34. The van der Waals surface area contributed by atoms with Crippen LogP contribution in [0, 0.1) is 22.7 Å². The van der Waals surface area contributed by atoms with Crippen LogP contribution in [0.15, 0.2) is 0 Å². The van der Waals surface area contributed by atoms with Gasteiger partial charge in [-0.2, -0.15) is 5.26 Å². The van der Waals surface area contributed by atoms with Gasteiger partial charge in [0.05, 0.1) is 6.07 Å². The average Bonchev–Trinajstić information content (AvgIpc) is 2.41. The number of rotatable bonds is 3. The molecule has 1 fully saturated rings. The molecule has 0 spiro atoms. The van der Waals surface area contributed by atoms with Crippen LogP contribution in [-0.4, -0.2) is 23.9 Å². The third-order valence-corrected chi connectivity index (χ3v) is 3.75. The molecular formula is C14H24N2O. The van der Waals surface area contributed by atoms with Gasteiger partial charge in [0.25, 0.3) is 0 Å². The number of likely N-dealkylation sites (tertiary alicyclic amines) is 1. The van der Waals surface area contributed by atoms with E-state index in [2.05, 4.69) is 26.8 Å². The minimum absolute atomic E-state index is 0.273. The van der Waals surface area contributed by atoms with Crippen molar-refractivity contribution in [3.8, 4) is 6.07 Å². The van der Waals surface area contributed by atoms with Gasteiger partial charge in [0.1, 0.15) is 0 Å². The molecule has 1 amide bonds. The molecule has 1 saturated heterocycles. The Morgan fingerprint density at radius 1 is 1.41 bits per heavy atom. The summed E-state index contributed by atoms with van der Waals surface area (Å²) in [6.45, 7) is 8.39. The molecule has 17 heavy (non-hydrogen) atoms. The van der Waals surface area contributed by atoms with E-state index >= 15 is 0 Å². The summed E-state index contributed by atoms with van der Waals surface area (Å²) in [6.07, 6.45) is 4.14. The first kappa shape index (κ1) is 14.0. The molecule has 1 aliphatic heterocycles. The SMILES string of the molecule is CC(C)(C)C1CCC(=O)N(CCCC#N)CC1. The van der Waals surface area contributed by atoms with E-state index < -0.39 is 0 Å². The maximum absolute atomic E-state index is 11.9. The second kappa shape index (κ2) is 6.05. The van der Waals surface area contributed by atoms with E-state index in [4.69, 9.17) is 5.26 Å². The second-order valence-corrected chi connectivity index (χ2v) is 6.03. The fourth-order valence-corrected chi connectivity index (χ4v) is 2.49. The Morgan fingerprint density at radius 3 is 2.71 bits per heavy atom. The Labute approximate surface area is 105 Å². The summed E-state index contributed by atoms with van der Waals surface area (Å²) in [4.78, 5) is 13.9. The first-order valence-electron chi connectivity index (χ1n) is 6.60. The number of amides is 1. The smallest absolute Gasteiger partial charge is 0.222 e. The molecule has 0 aromatic heterocycles. The summed E-state index contributed by atoms with van der Waals surface area (Å²) in [7, 11) is 0. The third-order valence-electron chi connectivity index (χ3n) is 3.75. The predicted octanol–water partition coefficient (Wildman–Crippen LogP) is 2.96. The van der Waals surface area contributed by atoms with Crippen molar-refractivity contribution in [3.63, 3.8) is 0 Å². The van der Waals surface area contributed by atoms with Crippen molar-refractivity contribution in [1.82, 2.24) is 4.90 Å². The Balaban J connectivity index is 2.49. The number of nitriles is 1. The molecule has 0 radical (unpaired) electrons. The molecule has 0 aliphatic carbocycles. The molecule has 0 aromatic rings. The minimum atomic E-state index is 0.273. The molecule has 1 unspecified atom stereocenters. The average molecular weight is 236 g/mol. The van der Waals surface area contributed by atoms with Gasteiger partial charge in [0.15, 0.2) is 0 Å². The van der Waals surface area contributed by atoms with Crippen LogP contribution in [0.4, 0.5) is 0 Å². The van der Waals surface area contributed by atoms with Crippen molar-refractivity contribution in [3.05, 3.63) is 0 Å². The maximum Gasteiger partial charge on any atom is 0.222 e. The predicted molar refractivity (Wildman–Crippen MR) is 68.2 cm³/mol. The summed E-state index contributed by atoms with van der Waals surface area (Å²) in [5, 5.41) is 8.51. The van der Waals surface area contributed by atoms with Crippen molar-refractivity contribution in [2.24, 2.45) is 11.3 Å². The lowest BCUT2D eigenvalue weighted by molar-refractivity contribution is -0.130. The lowest BCUT2D eigenvalue weighted by atomic mass is 9.77. The number of unbranched alkanes of at least 4 members (excludes halogenated alkanes) is 1. The van der Waals surface area contributed by atoms with Crippen LogP contribution < -0.4 is 0 Å². The molecule has 0 saturated carbocycles. The highest BCUT2D eigenvalue weighted by Gasteiger charge is 2.29. The number of carbonyl (C=O) groups is 1. The second-order valence-electron chi connectivity index (χ2n) is 6.03. The van der Waals surface area contributed by atoms with Crippen LogP contribution >= 0.6 is 0 Å². The highest BCUT2D eigenvalue weighted by molar-refractivity contribution is 5.76. The summed E-state index contributed by atoms with van der Waals surface area (Å²) in [6, 6.07) is 2.13. The lowest BCUT2D eigenvalue weighted by Crippen LogP contribution is -2.31. The Kier molecular flexibility index (Phi) is 4.99. The van der Waals surface area contributed by atoms with E-state index in [1.165, 1.54) is 0 Å². The number of hydrogen-bond acceptors (Lipinski definition) is 2. The quantitative estimate of drug-likeness (QED) is 0.707. The van der Waals surface area contributed by atoms with Gasteiger partial charge in [-0.1, -0.05) is 20.8 Å². The van der Waals surface area contributed by atoms with Gasteiger partial charge < -0.3 is 4.90 Å². The number of nitrogens with zero attached hydrogens (tertiary/aromatic N) is 2. The summed E-state index contributed by atoms with van der Waals surface area (Å²) >= 11 is 0. The van der Waals surface area contributed by atoms with Crippen LogP contribution in [0.25, 0.3) is 0 Å². The van der Waals surface area contributed by atoms with Gasteiger partial charge in [-0.3, -0.25) is 4.79 Å². The molecule has 1 heterocycles. The molecule has 0 aromatic carbocycles. The van der Waals surface area contributed by atoms with Gasteiger partial charge in [0.2, 0.25) is 5.91 Å². The fraction of sp³-hybridized carbons (Fsp3) is 0.857. The standard InChI is InChI=1S/C14H24N2O/c1-14(2,3)12-6-7-13(17)16(11-8-12)10-5-4-9-15/h12H,4-8,10-11H2,1-3H3. The zero-order valence-electron chi connectivity index (χ0n) is 11.3. The first-order valence-corrected chi connectivity index (χ1v) is 6.60. The van der Waals surface area contributed by atoms with Crippen LogP contribution in [-0.2, 0) is 4.79 Å². The van der Waals surface area contributed by atoms with E-state index in [1.807, 2.05) is 4.90 Å². The van der Waals surface area contributed by atoms with E-state index in [0.29, 0.717) is 24.2 Å². The van der Waals surface area contributed by atoms with E-state index in [1.54, 1.807) is 0 Å². The molecule has 1 rings (SSSR count). The molecular weight excluding hydrogens is 212 g/mol. The summed E-state index contributed by atoms with van der Waals surface area (Å²) < 4.78 is 0. The van der Waals surface area contributed by atoms with Crippen LogP contribution in [0.5, 0.6) is 0 Å². The van der Waals surface area contributed by atoms with Crippen molar-refractivity contribution in [2.75, 3.05) is 13.1 Å². The van der Waals surface area contributed by atoms with Gasteiger partial charge in [0, 0.05) is 25.9 Å². The van der Waals surface area contributed by atoms with Gasteiger partial charge in [-0.05, 0) is 30.6 Å². The monoisotopic (exact) mass is 236 g/mol. The molecule has 96 valence electrons. The van der Waals surface area contributed by atoms with E-state index in [9.17, 15) is 4.79 Å². The fourth-order valence-electron chi connectivity index (χ4n) is 2.49. The number of hydrogen-bond donors (Lipinski definition) is 0. The Hall–Kier alpha value is -1.04. The van der Waals surface area contributed by atoms with Gasteiger partial charge >= 0.3 is 0 Å². The topological polar surface area (TPSA) is 44.1 Å². The van der Waals surface area contributed by atoms with Crippen LogP contribution in [0.1, 0.15) is 52.9 Å². The molecule has 3 nitrogen and oxygen atoms in total. The molecule has 1 atom stereocenters. The zero-order chi connectivity index (χ0) is 12.9. The van der Waals surface area contributed by atoms with Crippen molar-refractivity contribution in [1.29, 1.82) is 5.26 Å². The maximum atomic E-state index is 11.9. The highest BCUT2D eigenvalue weighted by atomic mass is 16.2. The molecule has 0 bridgehead atoms. The summed E-state index contributed by atoms with van der Waals surface area (Å²) in [5.41, 5.74) is 0.295. The molecule has 3 heteroatoms. The normalized spacial score (nSPS) is 22.1. The van der Waals surface area contributed by atoms with Crippen molar-refractivity contribution >= 4 is 5.91 Å². The lowest BCUT2D eigenvalue weighted by Gasteiger charge is -2.29. The number of carbonyl (C=O) groups excluding carboxylic acids is 1. The van der Waals surface area contributed by atoms with Gasteiger partial charge in [-0.15, -0.1) is 0 Å². The van der Waals surface area contributed by atoms with Crippen molar-refractivity contribution in [2.45, 2.75) is 52.9 Å². The Bertz CT molecular complexity index is 298. The Morgan fingerprint density at radius 2 is 2.12 bits per heavy atom. The minimum Gasteiger partial charge on any atom is -0.343 e. The summed E-state index contributed by atoms with van der Waals surface area (Å²) in [5.74, 6) is 0.905. The van der Waals surface area contributed by atoms with Crippen LogP contribution in [0.3, 0.4) is 0 Å². The first-order chi connectivity index (χ1) is 7.95. The van der Waals surface area contributed by atoms with E-state index in [0.717, 1.165) is 32.4 Å². The van der Waals surface area contributed by atoms with Crippen LogP contribution in [0.2, 0.25) is 0 Å². The van der Waals surface area contributed by atoms with Crippen molar-refractivity contribution < 1.29 is 4.79 Å². The molecule has 0 N–H and O–H groups in total. The third kappa shape index (κ3) is 4.38. The molecule has 1 aliphatic rings. The zero-order valence-corrected chi connectivity index (χ0v) is 11.3. The van der Waals surface area contributed by atoms with Gasteiger partial charge in [-0.25, -0.2) is 0 Å². The largest absolute Gasteiger partial charge is 0.343 e. The van der Waals surface area contributed by atoms with E-state index in [-0.39, 0.29) is 5.91 Å².